The van der Waals surface area contributed by atoms with Crippen LogP contribution in [0.3, 0.4) is 0 Å². The number of sulfonamides is 1. The predicted octanol–water partition coefficient (Wildman–Crippen LogP) is 3.50. The van der Waals surface area contributed by atoms with Gasteiger partial charge in [-0.15, -0.1) is 0 Å². The number of nitrogens with zero attached hydrogens (tertiary/aromatic N) is 1. The molecule has 0 aliphatic heterocycles. The number of hydrogen-bond acceptors (Lipinski definition) is 6. The van der Waals surface area contributed by atoms with Crippen molar-refractivity contribution in [1.29, 1.82) is 0 Å². The van der Waals surface area contributed by atoms with E-state index in [1.165, 1.54) is 61.8 Å². The molecule has 3 aromatic rings. The van der Waals surface area contributed by atoms with Crippen molar-refractivity contribution >= 4 is 39.0 Å². The summed E-state index contributed by atoms with van der Waals surface area (Å²) in [7, 11) is -2.63. The summed E-state index contributed by atoms with van der Waals surface area (Å²) < 4.78 is 33.1. The minimum Gasteiger partial charge on any atom is -0.504 e. The number of rotatable bonds is 6. The maximum absolute atomic E-state index is 12.8. The van der Waals surface area contributed by atoms with E-state index in [1.807, 2.05) is 0 Å². The standard InChI is InChI=1S/C19H16ClN3O5S/c1-28-17-8-7-13(20)11-15(17)23-29(26,27)14-5-2-4-12(10-14)19(25)22-18-16(24)6-3-9-21-18/h2-11,23-24H,1H3,(H,21,22,25). The van der Waals surface area contributed by atoms with Crippen LogP contribution < -0.4 is 14.8 Å². The van der Waals surface area contributed by atoms with Crippen LogP contribution in [0.15, 0.2) is 65.7 Å². The summed E-state index contributed by atoms with van der Waals surface area (Å²) in [5.41, 5.74) is 0.226. The molecule has 2 aromatic carbocycles. The van der Waals surface area contributed by atoms with Crippen LogP contribution in [0.2, 0.25) is 5.02 Å². The highest BCUT2D eigenvalue weighted by molar-refractivity contribution is 7.92. The zero-order valence-corrected chi connectivity index (χ0v) is 16.7. The molecule has 0 aliphatic carbocycles. The van der Waals surface area contributed by atoms with E-state index in [1.54, 1.807) is 6.07 Å². The summed E-state index contributed by atoms with van der Waals surface area (Å²) >= 11 is 5.94. The fourth-order valence-electron chi connectivity index (χ4n) is 2.44. The SMILES string of the molecule is COc1ccc(Cl)cc1NS(=O)(=O)c1cccc(C(=O)Nc2ncccc2O)c1. The van der Waals surface area contributed by atoms with Crippen molar-refractivity contribution in [3.8, 4) is 11.5 Å². The molecular weight excluding hydrogens is 418 g/mol. The normalized spacial score (nSPS) is 11.0. The topological polar surface area (TPSA) is 118 Å². The molecule has 0 saturated heterocycles. The fraction of sp³-hybridized carbons (Fsp3) is 0.0526. The van der Waals surface area contributed by atoms with Gasteiger partial charge in [0.15, 0.2) is 11.6 Å². The Balaban J connectivity index is 1.87. The van der Waals surface area contributed by atoms with E-state index in [0.717, 1.165) is 0 Å². The molecule has 0 spiro atoms. The number of carbonyl (C=O) groups is 1. The third kappa shape index (κ3) is 4.76. The summed E-state index contributed by atoms with van der Waals surface area (Å²) in [6.07, 6.45) is 1.40. The molecule has 0 saturated carbocycles. The van der Waals surface area contributed by atoms with Gasteiger partial charge in [-0.3, -0.25) is 9.52 Å². The van der Waals surface area contributed by atoms with Gasteiger partial charge in [0.05, 0.1) is 17.7 Å². The minimum atomic E-state index is -4.03. The first kappa shape index (κ1) is 20.4. The summed E-state index contributed by atoms with van der Waals surface area (Å²) in [6.45, 7) is 0. The van der Waals surface area contributed by atoms with Crippen LogP contribution in [0.1, 0.15) is 10.4 Å². The van der Waals surface area contributed by atoms with E-state index in [-0.39, 0.29) is 33.5 Å². The zero-order valence-electron chi connectivity index (χ0n) is 15.1. The molecule has 1 heterocycles. The van der Waals surface area contributed by atoms with Gasteiger partial charge in [-0.25, -0.2) is 13.4 Å². The number of halogens is 1. The number of anilines is 2. The summed E-state index contributed by atoms with van der Waals surface area (Å²) in [6, 6.07) is 12.8. The van der Waals surface area contributed by atoms with Gasteiger partial charge < -0.3 is 15.2 Å². The van der Waals surface area contributed by atoms with E-state index in [9.17, 15) is 18.3 Å². The molecule has 0 fully saturated rings. The van der Waals surface area contributed by atoms with Crippen LogP contribution >= 0.6 is 11.6 Å². The van der Waals surface area contributed by atoms with Gasteiger partial charge in [-0.05, 0) is 48.5 Å². The number of aromatic nitrogens is 1. The molecule has 3 rings (SSSR count). The molecule has 10 heteroatoms. The Morgan fingerprint density at radius 2 is 1.93 bits per heavy atom. The molecule has 8 nitrogen and oxygen atoms in total. The number of aromatic hydroxyl groups is 1. The van der Waals surface area contributed by atoms with Gasteiger partial charge in [0.2, 0.25) is 0 Å². The molecule has 1 aromatic heterocycles. The van der Waals surface area contributed by atoms with Crippen molar-refractivity contribution in [1.82, 2.24) is 4.98 Å². The highest BCUT2D eigenvalue weighted by Gasteiger charge is 2.19. The predicted molar refractivity (Wildman–Crippen MR) is 109 cm³/mol. The van der Waals surface area contributed by atoms with Gasteiger partial charge in [0, 0.05) is 16.8 Å². The monoisotopic (exact) mass is 433 g/mol. The Morgan fingerprint density at radius 1 is 1.14 bits per heavy atom. The van der Waals surface area contributed by atoms with Crippen molar-refractivity contribution in [3.63, 3.8) is 0 Å². The number of ether oxygens (including phenoxy) is 1. The molecule has 1 amide bonds. The minimum absolute atomic E-state index is 0.0347. The summed E-state index contributed by atoms with van der Waals surface area (Å²) in [4.78, 5) is 16.2. The summed E-state index contributed by atoms with van der Waals surface area (Å²) in [5, 5.41) is 12.5. The largest absolute Gasteiger partial charge is 0.504 e. The molecular formula is C19H16ClN3O5S. The molecule has 0 radical (unpaired) electrons. The third-order valence-electron chi connectivity index (χ3n) is 3.83. The van der Waals surface area contributed by atoms with E-state index in [0.29, 0.717) is 5.02 Å². The quantitative estimate of drug-likeness (QED) is 0.547. The van der Waals surface area contributed by atoms with Gasteiger partial charge in [0.1, 0.15) is 5.75 Å². The van der Waals surface area contributed by atoms with E-state index < -0.39 is 15.9 Å². The van der Waals surface area contributed by atoms with Gasteiger partial charge >= 0.3 is 0 Å². The first-order chi connectivity index (χ1) is 13.8. The molecule has 0 bridgehead atoms. The van der Waals surface area contributed by atoms with Crippen LogP contribution in [0, 0.1) is 0 Å². The van der Waals surface area contributed by atoms with Crippen molar-refractivity contribution < 1.29 is 23.1 Å². The third-order valence-corrected chi connectivity index (χ3v) is 5.43. The molecule has 0 atom stereocenters. The molecule has 0 unspecified atom stereocenters. The van der Waals surface area contributed by atoms with Crippen molar-refractivity contribution in [2.75, 3.05) is 17.1 Å². The number of benzene rings is 2. The van der Waals surface area contributed by atoms with Crippen molar-refractivity contribution in [2.24, 2.45) is 0 Å². The average Bonchev–Trinajstić information content (AvgIpc) is 2.70. The second-order valence-corrected chi connectivity index (χ2v) is 7.92. The van der Waals surface area contributed by atoms with Crippen LogP contribution in [-0.4, -0.2) is 31.5 Å². The molecule has 3 N–H and O–H groups in total. The lowest BCUT2D eigenvalue weighted by Crippen LogP contribution is -2.16. The Morgan fingerprint density at radius 3 is 2.66 bits per heavy atom. The second kappa shape index (κ2) is 8.38. The van der Waals surface area contributed by atoms with Crippen LogP contribution in [0.4, 0.5) is 11.5 Å². The smallest absolute Gasteiger partial charge is 0.262 e. The van der Waals surface area contributed by atoms with Crippen LogP contribution in [0.25, 0.3) is 0 Å². The lowest BCUT2D eigenvalue weighted by Gasteiger charge is -2.13. The number of amides is 1. The maximum atomic E-state index is 12.8. The first-order valence-corrected chi connectivity index (χ1v) is 10.1. The van der Waals surface area contributed by atoms with E-state index in [4.69, 9.17) is 16.3 Å². The van der Waals surface area contributed by atoms with E-state index in [2.05, 4.69) is 15.0 Å². The Bertz CT molecular complexity index is 1170. The Hall–Kier alpha value is -3.30. The zero-order chi connectivity index (χ0) is 21.0. The molecule has 29 heavy (non-hydrogen) atoms. The number of carbonyl (C=O) groups excluding carboxylic acids is 1. The summed E-state index contributed by atoms with van der Waals surface area (Å²) in [5.74, 6) is -0.583. The second-order valence-electron chi connectivity index (χ2n) is 5.80. The molecule has 150 valence electrons. The lowest BCUT2D eigenvalue weighted by molar-refractivity contribution is 0.102. The number of hydrogen-bond donors (Lipinski definition) is 3. The Kier molecular flexibility index (Phi) is 5.90. The average molecular weight is 434 g/mol. The first-order valence-electron chi connectivity index (χ1n) is 8.22. The van der Waals surface area contributed by atoms with Crippen molar-refractivity contribution in [2.45, 2.75) is 4.90 Å². The lowest BCUT2D eigenvalue weighted by atomic mass is 10.2. The number of methoxy groups -OCH3 is 1. The van der Waals surface area contributed by atoms with E-state index >= 15 is 0 Å². The highest BCUT2D eigenvalue weighted by atomic mass is 35.5. The van der Waals surface area contributed by atoms with Crippen LogP contribution in [-0.2, 0) is 10.0 Å². The number of pyridine rings is 1. The van der Waals surface area contributed by atoms with Crippen molar-refractivity contribution in [3.05, 3.63) is 71.4 Å². The van der Waals surface area contributed by atoms with Gasteiger partial charge in [-0.1, -0.05) is 17.7 Å². The van der Waals surface area contributed by atoms with Crippen LogP contribution in [0.5, 0.6) is 11.5 Å². The van der Waals surface area contributed by atoms with Gasteiger partial charge in [-0.2, -0.15) is 0 Å². The number of nitrogens with one attached hydrogen (secondary N) is 2. The fourth-order valence-corrected chi connectivity index (χ4v) is 3.72. The Labute approximate surface area is 172 Å². The highest BCUT2D eigenvalue weighted by Crippen LogP contribution is 2.30. The maximum Gasteiger partial charge on any atom is 0.262 e. The van der Waals surface area contributed by atoms with Gasteiger partial charge in [0.25, 0.3) is 15.9 Å². The molecule has 0 aliphatic rings.